The molecule has 0 spiro atoms. The van der Waals surface area contributed by atoms with Gasteiger partial charge in [0.2, 0.25) is 5.95 Å². The van der Waals surface area contributed by atoms with Crippen LogP contribution in [0, 0.1) is 0 Å². The molecule has 0 bridgehead atoms. The van der Waals surface area contributed by atoms with Gasteiger partial charge in [-0.2, -0.15) is 10.1 Å². The fourth-order valence-corrected chi connectivity index (χ4v) is 4.67. The Labute approximate surface area is 189 Å². The van der Waals surface area contributed by atoms with Crippen LogP contribution in [-0.4, -0.2) is 74.7 Å². The number of hydrazone groups is 1. The summed E-state index contributed by atoms with van der Waals surface area (Å²) in [6.45, 7) is 5.86. The number of rotatable bonds is 5. The van der Waals surface area contributed by atoms with Crippen molar-refractivity contribution in [2.24, 2.45) is 5.10 Å². The summed E-state index contributed by atoms with van der Waals surface area (Å²) in [4.78, 5) is 27.3. The molecule has 2 saturated heterocycles. The number of thiophene rings is 1. The van der Waals surface area contributed by atoms with Crippen LogP contribution in [-0.2, 0) is 9.47 Å². The molecule has 9 nitrogen and oxygen atoms in total. The average molecular weight is 453 g/mol. The van der Waals surface area contributed by atoms with Crippen LogP contribution in [0.3, 0.4) is 0 Å². The molecule has 32 heavy (non-hydrogen) atoms. The first-order valence-corrected chi connectivity index (χ1v) is 11.4. The van der Waals surface area contributed by atoms with E-state index in [1.54, 1.807) is 29.7 Å². The van der Waals surface area contributed by atoms with E-state index in [2.05, 4.69) is 20.3 Å². The van der Waals surface area contributed by atoms with Crippen molar-refractivity contribution in [2.45, 2.75) is 0 Å². The SMILES string of the molecule is O=C(NN=Cc1cc2nc(N3CCOCC3)nc(N3CCOCC3)c2s1)c1ccccc1. The molecule has 166 valence electrons. The van der Waals surface area contributed by atoms with Gasteiger partial charge in [-0.1, -0.05) is 18.2 Å². The highest BCUT2D eigenvalue weighted by molar-refractivity contribution is 7.21. The molecule has 1 amide bonds. The quantitative estimate of drug-likeness (QED) is 0.468. The van der Waals surface area contributed by atoms with Gasteiger partial charge in [-0.25, -0.2) is 10.4 Å². The van der Waals surface area contributed by atoms with Crippen LogP contribution in [0.4, 0.5) is 11.8 Å². The lowest BCUT2D eigenvalue weighted by Gasteiger charge is -2.30. The number of ether oxygens (including phenoxy) is 2. The van der Waals surface area contributed by atoms with E-state index in [0.29, 0.717) is 32.0 Å². The Bertz CT molecular complexity index is 1110. The molecule has 2 aliphatic rings. The molecule has 2 aliphatic heterocycles. The number of amides is 1. The van der Waals surface area contributed by atoms with Gasteiger partial charge in [0.05, 0.1) is 47.7 Å². The van der Waals surface area contributed by atoms with Crippen LogP contribution in [0.1, 0.15) is 15.2 Å². The Kier molecular flexibility index (Phi) is 6.24. The van der Waals surface area contributed by atoms with Crippen LogP contribution >= 0.6 is 11.3 Å². The summed E-state index contributed by atoms with van der Waals surface area (Å²) in [7, 11) is 0. The summed E-state index contributed by atoms with van der Waals surface area (Å²) in [6, 6.07) is 11.0. The number of aromatic nitrogens is 2. The highest BCUT2D eigenvalue weighted by Crippen LogP contribution is 2.33. The third-order valence-electron chi connectivity index (χ3n) is 5.36. The number of fused-ring (bicyclic) bond motifs is 1. The fraction of sp³-hybridized carbons (Fsp3) is 0.364. The third kappa shape index (κ3) is 4.57. The van der Waals surface area contributed by atoms with Crippen molar-refractivity contribution in [1.29, 1.82) is 0 Å². The summed E-state index contributed by atoms with van der Waals surface area (Å²) in [6.07, 6.45) is 1.66. The zero-order valence-corrected chi connectivity index (χ0v) is 18.4. The van der Waals surface area contributed by atoms with Gasteiger partial charge >= 0.3 is 0 Å². The predicted octanol–water partition coefficient (Wildman–Crippen LogP) is 2.13. The lowest BCUT2D eigenvalue weighted by Crippen LogP contribution is -2.39. The second-order valence-electron chi connectivity index (χ2n) is 7.47. The van der Waals surface area contributed by atoms with Crippen LogP contribution in [0.15, 0.2) is 41.5 Å². The zero-order chi connectivity index (χ0) is 21.8. The number of nitrogens with one attached hydrogen (secondary N) is 1. The number of hydrogen-bond donors (Lipinski definition) is 1. The maximum atomic E-state index is 12.2. The molecule has 1 aromatic carbocycles. The first-order chi connectivity index (χ1) is 15.8. The number of anilines is 2. The normalized spacial score (nSPS) is 17.2. The number of hydrogen-bond acceptors (Lipinski definition) is 9. The lowest BCUT2D eigenvalue weighted by atomic mass is 10.2. The second-order valence-corrected chi connectivity index (χ2v) is 8.56. The molecule has 0 atom stereocenters. The molecule has 0 saturated carbocycles. The van der Waals surface area contributed by atoms with Gasteiger partial charge in [-0.15, -0.1) is 11.3 Å². The molecule has 3 aromatic rings. The van der Waals surface area contributed by atoms with Crippen LogP contribution < -0.4 is 15.2 Å². The summed E-state index contributed by atoms with van der Waals surface area (Å²) in [5, 5.41) is 4.14. The topological polar surface area (TPSA) is 92.2 Å². The van der Waals surface area contributed by atoms with Crippen molar-refractivity contribution in [2.75, 3.05) is 62.4 Å². The Morgan fingerprint density at radius 3 is 2.41 bits per heavy atom. The number of morpholine rings is 2. The van der Waals surface area contributed by atoms with Crippen LogP contribution in [0.2, 0.25) is 0 Å². The van der Waals surface area contributed by atoms with E-state index in [0.717, 1.165) is 53.0 Å². The predicted molar refractivity (Wildman–Crippen MR) is 125 cm³/mol. The van der Waals surface area contributed by atoms with E-state index >= 15 is 0 Å². The molecule has 5 rings (SSSR count). The molecule has 2 fully saturated rings. The minimum absolute atomic E-state index is 0.244. The number of nitrogens with zero attached hydrogens (tertiary/aromatic N) is 5. The molecule has 0 aliphatic carbocycles. The van der Waals surface area contributed by atoms with E-state index < -0.39 is 0 Å². The maximum Gasteiger partial charge on any atom is 0.271 e. The van der Waals surface area contributed by atoms with Gasteiger partial charge in [0.1, 0.15) is 0 Å². The zero-order valence-electron chi connectivity index (χ0n) is 17.6. The monoisotopic (exact) mass is 452 g/mol. The highest BCUT2D eigenvalue weighted by Gasteiger charge is 2.22. The van der Waals surface area contributed by atoms with E-state index in [1.807, 2.05) is 24.3 Å². The van der Waals surface area contributed by atoms with Gasteiger partial charge in [0.25, 0.3) is 5.91 Å². The molecule has 0 radical (unpaired) electrons. The largest absolute Gasteiger partial charge is 0.378 e. The lowest BCUT2D eigenvalue weighted by molar-refractivity contribution is 0.0955. The Morgan fingerprint density at radius 1 is 1.00 bits per heavy atom. The first kappa shape index (κ1) is 20.8. The van der Waals surface area contributed by atoms with Gasteiger partial charge in [0.15, 0.2) is 5.82 Å². The van der Waals surface area contributed by atoms with Crippen LogP contribution in [0.5, 0.6) is 0 Å². The van der Waals surface area contributed by atoms with Gasteiger partial charge in [0, 0.05) is 31.7 Å². The van der Waals surface area contributed by atoms with Crippen molar-refractivity contribution in [3.63, 3.8) is 0 Å². The Balaban J connectivity index is 1.42. The molecular weight excluding hydrogens is 428 g/mol. The van der Waals surface area contributed by atoms with E-state index in [9.17, 15) is 4.79 Å². The fourth-order valence-electron chi connectivity index (χ4n) is 3.69. The third-order valence-corrected chi connectivity index (χ3v) is 6.41. The van der Waals surface area contributed by atoms with Crippen molar-refractivity contribution >= 4 is 45.4 Å². The van der Waals surface area contributed by atoms with Crippen LogP contribution in [0.25, 0.3) is 10.2 Å². The Morgan fingerprint density at radius 2 is 1.69 bits per heavy atom. The van der Waals surface area contributed by atoms with E-state index in [-0.39, 0.29) is 5.91 Å². The summed E-state index contributed by atoms with van der Waals surface area (Å²) in [5.74, 6) is 1.41. The molecule has 10 heteroatoms. The number of carbonyl (C=O) groups is 1. The van der Waals surface area contributed by atoms with E-state index in [4.69, 9.17) is 19.4 Å². The molecule has 0 unspecified atom stereocenters. The van der Waals surface area contributed by atoms with Gasteiger partial charge in [-0.05, 0) is 18.2 Å². The van der Waals surface area contributed by atoms with Crippen molar-refractivity contribution in [3.05, 3.63) is 46.8 Å². The Hall–Kier alpha value is -3.08. The number of benzene rings is 1. The van der Waals surface area contributed by atoms with Gasteiger partial charge in [-0.3, -0.25) is 4.79 Å². The van der Waals surface area contributed by atoms with Gasteiger partial charge < -0.3 is 19.3 Å². The van der Waals surface area contributed by atoms with E-state index in [1.165, 1.54) is 0 Å². The second kappa shape index (κ2) is 9.60. The van der Waals surface area contributed by atoms with Crippen molar-refractivity contribution < 1.29 is 14.3 Å². The smallest absolute Gasteiger partial charge is 0.271 e. The van der Waals surface area contributed by atoms with Crippen molar-refractivity contribution in [3.8, 4) is 0 Å². The molecule has 4 heterocycles. The maximum absolute atomic E-state index is 12.2. The summed E-state index contributed by atoms with van der Waals surface area (Å²) in [5.41, 5.74) is 4.03. The highest BCUT2D eigenvalue weighted by atomic mass is 32.1. The minimum atomic E-state index is -0.244. The molecule has 1 N–H and O–H groups in total. The summed E-state index contributed by atoms with van der Waals surface area (Å²) < 4.78 is 12.0. The minimum Gasteiger partial charge on any atom is -0.378 e. The number of carbonyl (C=O) groups excluding carboxylic acids is 1. The first-order valence-electron chi connectivity index (χ1n) is 10.6. The summed E-state index contributed by atoms with van der Waals surface area (Å²) >= 11 is 1.57. The molecular formula is C22H24N6O3S. The van der Waals surface area contributed by atoms with Crippen molar-refractivity contribution in [1.82, 2.24) is 15.4 Å². The standard InChI is InChI=1S/C22H24N6O3S/c29-21(16-4-2-1-3-5-16)26-23-15-17-14-18-19(32-17)20(27-6-10-30-11-7-27)25-22(24-18)28-8-12-31-13-9-28/h1-5,14-15H,6-13H2,(H,26,29). The molecule has 2 aromatic heterocycles. The average Bonchev–Trinajstić information content (AvgIpc) is 3.28.